The minimum absolute atomic E-state index is 0.0122. The Morgan fingerprint density at radius 3 is 2.29 bits per heavy atom. The maximum atomic E-state index is 13.1. The van der Waals surface area contributed by atoms with E-state index >= 15 is 0 Å². The van der Waals surface area contributed by atoms with Gasteiger partial charge in [0.1, 0.15) is 11.9 Å². The summed E-state index contributed by atoms with van der Waals surface area (Å²) >= 11 is 11.9. The van der Waals surface area contributed by atoms with Crippen LogP contribution in [0.25, 0.3) is 0 Å². The lowest BCUT2D eigenvalue weighted by atomic mass is 10.2. The summed E-state index contributed by atoms with van der Waals surface area (Å²) in [5.41, 5.74) is -0.0802. The molecule has 0 spiro atoms. The van der Waals surface area contributed by atoms with Crippen molar-refractivity contribution in [3.63, 3.8) is 0 Å². The van der Waals surface area contributed by atoms with Gasteiger partial charge in [0.25, 0.3) is 10.0 Å². The first-order valence-electron chi connectivity index (χ1n) is 6.62. The molecule has 0 aliphatic heterocycles. The Hall–Kier alpha value is -1.83. The number of aliphatic carboxylic acids is 1. The van der Waals surface area contributed by atoms with Gasteiger partial charge in [-0.3, -0.25) is 4.31 Å². The number of sulfonamides is 1. The third kappa shape index (κ3) is 3.63. The van der Waals surface area contributed by atoms with Crippen LogP contribution in [0, 0.1) is 5.82 Å². The Labute approximate surface area is 148 Å². The third-order valence-corrected chi connectivity index (χ3v) is 5.68. The van der Waals surface area contributed by atoms with Crippen LogP contribution < -0.4 is 4.31 Å². The fraction of sp³-hybridized carbons (Fsp3) is 0.133. The van der Waals surface area contributed by atoms with E-state index in [0.29, 0.717) is 4.31 Å². The Morgan fingerprint density at radius 1 is 1.17 bits per heavy atom. The van der Waals surface area contributed by atoms with Crippen molar-refractivity contribution in [1.29, 1.82) is 0 Å². The van der Waals surface area contributed by atoms with E-state index in [4.69, 9.17) is 23.2 Å². The summed E-state index contributed by atoms with van der Waals surface area (Å²) in [6.45, 7) is 1.20. The summed E-state index contributed by atoms with van der Waals surface area (Å²) in [5, 5.41) is 9.48. The molecule has 1 N–H and O–H groups in total. The summed E-state index contributed by atoms with van der Waals surface area (Å²) in [7, 11) is -4.31. The topological polar surface area (TPSA) is 74.7 Å². The SMILES string of the molecule is CC(C(=O)O)N(c1cc(Cl)ccc1Cl)S(=O)(=O)c1ccc(F)cc1. The molecular formula is C15H12Cl2FNO4S. The van der Waals surface area contributed by atoms with Crippen molar-refractivity contribution in [3.8, 4) is 0 Å². The first-order chi connectivity index (χ1) is 11.1. The number of halogens is 3. The van der Waals surface area contributed by atoms with Crippen molar-refractivity contribution in [3.05, 3.63) is 58.3 Å². The van der Waals surface area contributed by atoms with Gasteiger partial charge in [0.05, 0.1) is 15.6 Å². The lowest BCUT2D eigenvalue weighted by Crippen LogP contribution is -2.43. The smallest absolute Gasteiger partial charge is 0.327 e. The molecule has 0 fully saturated rings. The van der Waals surface area contributed by atoms with Crippen LogP contribution in [0.2, 0.25) is 10.0 Å². The van der Waals surface area contributed by atoms with Crippen LogP contribution in [-0.2, 0) is 14.8 Å². The number of benzene rings is 2. The van der Waals surface area contributed by atoms with Gasteiger partial charge in [-0.05, 0) is 49.4 Å². The van der Waals surface area contributed by atoms with E-state index in [-0.39, 0.29) is 20.6 Å². The third-order valence-electron chi connectivity index (χ3n) is 3.23. The molecule has 0 heterocycles. The predicted octanol–water partition coefficient (Wildman–Crippen LogP) is 3.80. The molecule has 128 valence electrons. The van der Waals surface area contributed by atoms with E-state index in [2.05, 4.69) is 0 Å². The first kappa shape index (κ1) is 18.5. The first-order valence-corrected chi connectivity index (χ1v) is 8.82. The van der Waals surface area contributed by atoms with Gasteiger partial charge < -0.3 is 5.11 Å². The highest BCUT2D eigenvalue weighted by Gasteiger charge is 2.34. The Morgan fingerprint density at radius 2 is 1.75 bits per heavy atom. The monoisotopic (exact) mass is 391 g/mol. The zero-order chi connectivity index (χ0) is 18.1. The van der Waals surface area contributed by atoms with Crippen molar-refractivity contribution < 1.29 is 22.7 Å². The average molecular weight is 392 g/mol. The van der Waals surface area contributed by atoms with Crippen LogP contribution in [0.5, 0.6) is 0 Å². The predicted molar refractivity (Wildman–Crippen MR) is 89.6 cm³/mol. The zero-order valence-corrected chi connectivity index (χ0v) is 14.6. The second-order valence-electron chi connectivity index (χ2n) is 4.86. The van der Waals surface area contributed by atoms with Gasteiger partial charge in [0, 0.05) is 5.02 Å². The minimum Gasteiger partial charge on any atom is -0.480 e. The van der Waals surface area contributed by atoms with Crippen molar-refractivity contribution in [1.82, 2.24) is 0 Å². The number of carboxylic acid groups (broad SMARTS) is 1. The molecule has 0 saturated carbocycles. The molecule has 2 aromatic carbocycles. The highest BCUT2D eigenvalue weighted by Crippen LogP contribution is 2.34. The van der Waals surface area contributed by atoms with Crippen molar-refractivity contribution >= 4 is 44.9 Å². The van der Waals surface area contributed by atoms with Crippen LogP contribution in [-0.4, -0.2) is 25.5 Å². The van der Waals surface area contributed by atoms with Gasteiger partial charge >= 0.3 is 5.97 Å². The fourth-order valence-electron chi connectivity index (χ4n) is 2.02. The van der Waals surface area contributed by atoms with E-state index in [1.165, 1.54) is 25.1 Å². The number of hydrogen-bond donors (Lipinski definition) is 1. The summed E-state index contributed by atoms with van der Waals surface area (Å²) in [4.78, 5) is 11.1. The molecule has 0 saturated heterocycles. The summed E-state index contributed by atoms with van der Waals surface area (Å²) in [5.74, 6) is -2.00. The van der Waals surface area contributed by atoms with Crippen molar-refractivity contribution in [2.75, 3.05) is 4.31 Å². The molecule has 1 unspecified atom stereocenters. The maximum Gasteiger partial charge on any atom is 0.327 e. The summed E-state index contributed by atoms with van der Waals surface area (Å²) < 4.78 is 39.5. The molecule has 0 amide bonds. The number of nitrogens with zero attached hydrogens (tertiary/aromatic N) is 1. The molecular weight excluding hydrogens is 380 g/mol. The van der Waals surface area contributed by atoms with E-state index < -0.39 is 27.9 Å². The lowest BCUT2D eigenvalue weighted by molar-refractivity contribution is -0.137. The second-order valence-corrected chi connectivity index (χ2v) is 7.52. The van der Waals surface area contributed by atoms with Gasteiger partial charge in [0.2, 0.25) is 0 Å². The molecule has 0 radical (unpaired) electrons. The molecule has 24 heavy (non-hydrogen) atoms. The van der Waals surface area contributed by atoms with E-state index in [1.807, 2.05) is 0 Å². The van der Waals surface area contributed by atoms with E-state index in [0.717, 1.165) is 24.3 Å². The summed E-state index contributed by atoms with van der Waals surface area (Å²) in [6.07, 6.45) is 0. The Bertz CT molecular complexity index is 872. The van der Waals surface area contributed by atoms with Crippen LogP contribution >= 0.6 is 23.2 Å². The molecule has 0 aromatic heterocycles. The van der Waals surface area contributed by atoms with Crippen LogP contribution in [0.1, 0.15) is 6.92 Å². The highest BCUT2D eigenvalue weighted by atomic mass is 35.5. The fourth-order valence-corrected chi connectivity index (χ4v) is 4.07. The van der Waals surface area contributed by atoms with Gasteiger partial charge in [-0.2, -0.15) is 0 Å². The average Bonchev–Trinajstić information content (AvgIpc) is 2.51. The van der Waals surface area contributed by atoms with Gasteiger partial charge in [-0.25, -0.2) is 17.6 Å². The lowest BCUT2D eigenvalue weighted by Gasteiger charge is -2.28. The van der Waals surface area contributed by atoms with Crippen LogP contribution in [0.3, 0.4) is 0 Å². The van der Waals surface area contributed by atoms with Gasteiger partial charge in [-0.1, -0.05) is 23.2 Å². The zero-order valence-electron chi connectivity index (χ0n) is 12.3. The Kier molecular flexibility index (Phi) is 5.37. The minimum atomic E-state index is -4.31. The summed E-state index contributed by atoms with van der Waals surface area (Å²) in [6, 6.07) is 6.63. The van der Waals surface area contributed by atoms with Crippen LogP contribution in [0.15, 0.2) is 47.4 Å². The molecule has 1 atom stereocenters. The number of anilines is 1. The molecule has 2 rings (SSSR count). The molecule has 5 nitrogen and oxygen atoms in total. The quantitative estimate of drug-likeness (QED) is 0.840. The largest absolute Gasteiger partial charge is 0.480 e. The molecule has 2 aromatic rings. The molecule has 0 aliphatic rings. The molecule has 9 heteroatoms. The normalized spacial score (nSPS) is 12.7. The Balaban J connectivity index is 2.68. The van der Waals surface area contributed by atoms with Crippen molar-refractivity contribution in [2.24, 2.45) is 0 Å². The number of hydrogen-bond acceptors (Lipinski definition) is 3. The molecule has 0 aliphatic carbocycles. The highest BCUT2D eigenvalue weighted by molar-refractivity contribution is 7.93. The van der Waals surface area contributed by atoms with E-state index in [1.54, 1.807) is 0 Å². The van der Waals surface area contributed by atoms with Gasteiger partial charge in [-0.15, -0.1) is 0 Å². The standard InChI is InChI=1S/C15H12Cl2FNO4S/c1-9(15(20)21)19(14-8-10(16)2-7-13(14)17)24(22,23)12-5-3-11(18)4-6-12/h2-9H,1H3,(H,20,21). The van der Waals surface area contributed by atoms with E-state index in [9.17, 15) is 22.7 Å². The number of carbonyl (C=O) groups is 1. The molecule has 0 bridgehead atoms. The van der Waals surface area contributed by atoms with Gasteiger partial charge in [0.15, 0.2) is 0 Å². The van der Waals surface area contributed by atoms with Crippen LogP contribution in [0.4, 0.5) is 10.1 Å². The maximum absolute atomic E-state index is 13.1. The second kappa shape index (κ2) is 6.96. The number of rotatable bonds is 5. The van der Waals surface area contributed by atoms with Crippen molar-refractivity contribution in [2.45, 2.75) is 17.9 Å². The number of carboxylic acids is 1.